The Balaban J connectivity index is 1.86. The van der Waals surface area contributed by atoms with Crippen molar-refractivity contribution in [1.82, 2.24) is 9.88 Å². The topological polar surface area (TPSA) is 63.5 Å². The van der Waals surface area contributed by atoms with Gasteiger partial charge in [0, 0.05) is 35.7 Å². The highest BCUT2D eigenvalue weighted by molar-refractivity contribution is 5.91. The number of aryl methyl sites for hydroxylation is 1. The molecule has 0 unspecified atom stereocenters. The smallest absolute Gasteiger partial charge is 0.337 e. The maximum absolute atomic E-state index is 11.9. The lowest BCUT2D eigenvalue weighted by Gasteiger charge is -2.11. The minimum atomic E-state index is -0.896. The van der Waals surface area contributed by atoms with Crippen LogP contribution in [0.5, 0.6) is 5.75 Å². The first-order valence-corrected chi connectivity index (χ1v) is 9.27. The minimum Gasteiger partial charge on any atom is -0.497 e. The van der Waals surface area contributed by atoms with Gasteiger partial charge in [-0.15, -0.1) is 0 Å². The highest BCUT2D eigenvalue weighted by Gasteiger charge is 2.23. The first-order valence-electron chi connectivity index (χ1n) is 9.27. The molecule has 28 heavy (non-hydrogen) atoms. The van der Waals surface area contributed by atoms with Crippen molar-refractivity contribution in [2.24, 2.45) is 0 Å². The first-order chi connectivity index (χ1) is 13.4. The molecule has 5 heteroatoms. The van der Waals surface area contributed by atoms with Crippen molar-refractivity contribution in [2.75, 3.05) is 7.11 Å². The molecule has 0 spiro atoms. The lowest BCUT2D eigenvalue weighted by molar-refractivity contribution is 0.0695. The van der Waals surface area contributed by atoms with Gasteiger partial charge in [0.25, 0.3) is 0 Å². The molecule has 0 atom stereocenters. The Kier molecular flexibility index (Phi) is 5.85. The van der Waals surface area contributed by atoms with Crippen LogP contribution in [0, 0.1) is 20.8 Å². The molecule has 3 rings (SSSR count). The van der Waals surface area contributed by atoms with Crippen LogP contribution >= 0.6 is 0 Å². The molecule has 0 fully saturated rings. The molecule has 0 saturated heterocycles. The van der Waals surface area contributed by atoms with Crippen LogP contribution in [0.1, 0.15) is 38.4 Å². The molecule has 2 aromatic carbocycles. The van der Waals surface area contributed by atoms with Gasteiger partial charge < -0.3 is 19.7 Å². The van der Waals surface area contributed by atoms with Crippen LogP contribution in [0.2, 0.25) is 0 Å². The largest absolute Gasteiger partial charge is 0.497 e. The third-order valence-electron chi connectivity index (χ3n) is 5.07. The average Bonchev–Trinajstić information content (AvgIpc) is 2.93. The van der Waals surface area contributed by atoms with E-state index in [-0.39, 0.29) is 0 Å². The monoisotopic (exact) mass is 378 g/mol. The molecule has 0 amide bonds. The van der Waals surface area contributed by atoms with Crippen LogP contribution in [-0.2, 0) is 13.1 Å². The number of nitrogens with zero attached hydrogens (tertiary/aromatic N) is 1. The van der Waals surface area contributed by atoms with E-state index in [2.05, 4.69) is 5.32 Å². The summed E-state index contributed by atoms with van der Waals surface area (Å²) >= 11 is 0. The normalized spacial score (nSPS) is 10.9. The van der Waals surface area contributed by atoms with E-state index in [4.69, 9.17) is 4.74 Å². The van der Waals surface area contributed by atoms with Gasteiger partial charge in [-0.05, 0) is 50.6 Å². The zero-order chi connectivity index (χ0) is 20.3. The van der Waals surface area contributed by atoms with Gasteiger partial charge in [0.05, 0.1) is 12.7 Å². The quantitative estimate of drug-likeness (QED) is 0.640. The standard InChI is InChI=1S/C23H26N2O3/c1-15-5-9-19(10-6-15)25-16(2)21(22(17(25)3)23(26)27)14-24-13-18-7-11-20(28-4)12-8-18/h5-12,24H,13-14H2,1-4H3,(H,26,27). The number of aromatic nitrogens is 1. The summed E-state index contributed by atoms with van der Waals surface area (Å²) in [6.07, 6.45) is 0. The van der Waals surface area contributed by atoms with Crippen molar-refractivity contribution < 1.29 is 14.6 Å². The van der Waals surface area contributed by atoms with Crippen molar-refractivity contribution in [3.63, 3.8) is 0 Å². The molecule has 3 aromatic rings. The van der Waals surface area contributed by atoms with Gasteiger partial charge >= 0.3 is 5.97 Å². The van der Waals surface area contributed by atoms with Crippen LogP contribution in [-0.4, -0.2) is 22.8 Å². The Hall–Kier alpha value is -3.05. The number of hydrogen-bond donors (Lipinski definition) is 2. The van der Waals surface area contributed by atoms with E-state index in [9.17, 15) is 9.90 Å². The van der Waals surface area contributed by atoms with Gasteiger partial charge in [0.1, 0.15) is 5.75 Å². The molecule has 2 N–H and O–H groups in total. The van der Waals surface area contributed by atoms with E-state index in [1.165, 1.54) is 5.56 Å². The highest BCUT2D eigenvalue weighted by atomic mass is 16.5. The first kappa shape index (κ1) is 19.7. The van der Waals surface area contributed by atoms with Gasteiger partial charge in [-0.3, -0.25) is 0 Å². The molecule has 0 aliphatic rings. The Labute approximate surface area is 165 Å². The summed E-state index contributed by atoms with van der Waals surface area (Å²) in [6.45, 7) is 7.01. The van der Waals surface area contributed by atoms with Gasteiger partial charge in [0.15, 0.2) is 0 Å². The third-order valence-corrected chi connectivity index (χ3v) is 5.07. The molecular formula is C23H26N2O3. The SMILES string of the molecule is COc1ccc(CNCc2c(C(=O)O)c(C)n(-c3ccc(C)cc3)c2C)cc1. The molecule has 1 aromatic heterocycles. The second-order valence-electron chi connectivity index (χ2n) is 6.95. The fourth-order valence-electron chi connectivity index (χ4n) is 3.55. The van der Waals surface area contributed by atoms with Crippen molar-refractivity contribution >= 4 is 5.97 Å². The lowest BCUT2D eigenvalue weighted by Crippen LogP contribution is -2.15. The van der Waals surface area contributed by atoms with E-state index in [1.54, 1.807) is 7.11 Å². The Bertz CT molecular complexity index is 971. The van der Waals surface area contributed by atoms with E-state index >= 15 is 0 Å². The number of benzene rings is 2. The fourth-order valence-corrected chi connectivity index (χ4v) is 3.55. The van der Waals surface area contributed by atoms with Gasteiger partial charge in [-0.1, -0.05) is 29.8 Å². The predicted molar refractivity (Wildman–Crippen MR) is 110 cm³/mol. The van der Waals surface area contributed by atoms with Gasteiger partial charge in [-0.2, -0.15) is 0 Å². The summed E-state index contributed by atoms with van der Waals surface area (Å²) in [5.41, 5.74) is 6.15. The van der Waals surface area contributed by atoms with Crippen LogP contribution in [0.3, 0.4) is 0 Å². The Morgan fingerprint density at radius 2 is 1.61 bits per heavy atom. The van der Waals surface area contributed by atoms with E-state index in [0.29, 0.717) is 18.7 Å². The van der Waals surface area contributed by atoms with Crippen LogP contribution in [0.25, 0.3) is 5.69 Å². The molecule has 0 radical (unpaired) electrons. The molecule has 5 nitrogen and oxygen atoms in total. The zero-order valence-electron chi connectivity index (χ0n) is 16.7. The number of methoxy groups -OCH3 is 1. The highest BCUT2D eigenvalue weighted by Crippen LogP contribution is 2.27. The number of nitrogens with one attached hydrogen (secondary N) is 1. The summed E-state index contributed by atoms with van der Waals surface area (Å²) in [7, 11) is 1.64. The van der Waals surface area contributed by atoms with E-state index < -0.39 is 5.97 Å². The third kappa shape index (κ3) is 3.94. The molecule has 1 heterocycles. The molecule has 0 aliphatic carbocycles. The predicted octanol–water partition coefficient (Wildman–Crippen LogP) is 4.40. The molecule has 0 bridgehead atoms. The number of aromatic carboxylic acids is 1. The fraction of sp³-hybridized carbons (Fsp3) is 0.261. The Morgan fingerprint density at radius 3 is 2.18 bits per heavy atom. The summed E-state index contributed by atoms with van der Waals surface area (Å²) in [6, 6.07) is 16.0. The average molecular weight is 378 g/mol. The summed E-state index contributed by atoms with van der Waals surface area (Å²) in [5, 5.41) is 13.2. The number of carboxylic acid groups (broad SMARTS) is 1. The van der Waals surface area contributed by atoms with Crippen molar-refractivity contribution in [3.8, 4) is 11.4 Å². The minimum absolute atomic E-state index is 0.375. The molecule has 0 aliphatic heterocycles. The summed E-state index contributed by atoms with van der Waals surface area (Å²) in [5.74, 6) is -0.0775. The van der Waals surface area contributed by atoms with Crippen molar-refractivity contribution in [3.05, 3.63) is 82.2 Å². The van der Waals surface area contributed by atoms with Gasteiger partial charge in [-0.25, -0.2) is 4.79 Å². The number of rotatable bonds is 7. The maximum atomic E-state index is 11.9. The van der Waals surface area contributed by atoms with Crippen LogP contribution < -0.4 is 10.1 Å². The zero-order valence-corrected chi connectivity index (χ0v) is 16.7. The van der Waals surface area contributed by atoms with Crippen LogP contribution in [0.4, 0.5) is 0 Å². The number of carbonyl (C=O) groups is 1. The molecule has 146 valence electrons. The van der Waals surface area contributed by atoms with Gasteiger partial charge in [0.2, 0.25) is 0 Å². The number of hydrogen-bond acceptors (Lipinski definition) is 3. The van der Waals surface area contributed by atoms with E-state index in [0.717, 1.165) is 34.0 Å². The maximum Gasteiger partial charge on any atom is 0.337 e. The number of ether oxygens (including phenoxy) is 1. The van der Waals surface area contributed by atoms with Crippen LogP contribution in [0.15, 0.2) is 48.5 Å². The number of carboxylic acids is 1. The second-order valence-corrected chi connectivity index (χ2v) is 6.95. The van der Waals surface area contributed by atoms with E-state index in [1.807, 2.05) is 73.9 Å². The lowest BCUT2D eigenvalue weighted by atomic mass is 10.1. The van der Waals surface area contributed by atoms with Crippen molar-refractivity contribution in [1.29, 1.82) is 0 Å². The summed E-state index contributed by atoms with van der Waals surface area (Å²) < 4.78 is 7.20. The Morgan fingerprint density at radius 1 is 0.964 bits per heavy atom. The molecular weight excluding hydrogens is 352 g/mol. The second kappa shape index (κ2) is 8.31. The van der Waals surface area contributed by atoms with Crippen molar-refractivity contribution in [2.45, 2.75) is 33.9 Å². The summed E-state index contributed by atoms with van der Waals surface area (Å²) in [4.78, 5) is 11.9. The molecule has 0 saturated carbocycles.